The first-order chi connectivity index (χ1) is 12.3. The summed E-state index contributed by atoms with van der Waals surface area (Å²) in [5.74, 6) is -0.827. The maximum absolute atomic E-state index is 13.1. The number of benzene rings is 1. The number of piperazine rings is 1. The number of hydrogen-bond acceptors (Lipinski definition) is 6. The van der Waals surface area contributed by atoms with Gasteiger partial charge in [0.2, 0.25) is 0 Å². The molecule has 0 atom stereocenters. The highest BCUT2D eigenvalue weighted by atomic mass is 19.4. The van der Waals surface area contributed by atoms with E-state index in [1.165, 1.54) is 18.3 Å². The van der Waals surface area contributed by atoms with Gasteiger partial charge in [0.05, 0.1) is 11.3 Å². The molecule has 0 aliphatic carbocycles. The standard InChI is InChI=1S/C16H16F3N5O2/c17-16(18,19)10-1-2-12(24-7-5-21-6-8-24)13(9-10)26-15-22-4-3-11(23-15)14(20)25/h1-4,9,21H,5-8H2,(H2,20,25). The van der Waals surface area contributed by atoms with Crippen molar-refractivity contribution in [1.29, 1.82) is 0 Å². The fourth-order valence-electron chi connectivity index (χ4n) is 2.56. The SMILES string of the molecule is NC(=O)c1ccnc(Oc2cc(C(F)(F)F)ccc2N2CCNCC2)n1. The number of nitrogens with zero attached hydrogens (tertiary/aromatic N) is 3. The second-order valence-electron chi connectivity index (χ2n) is 5.61. The molecule has 0 spiro atoms. The molecule has 1 aromatic carbocycles. The zero-order valence-corrected chi connectivity index (χ0v) is 13.6. The summed E-state index contributed by atoms with van der Waals surface area (Å²) in [7, 11) is 0. The Bertz CT molecular complexity index is 807. The second-order valence-corrected chi connectivity index (χ2v) is 5.61. The second kappa shape index (κ2) is 7.16. The molecular weight excluding hydrogens is 351 g/mol. The summed E-state index contributed by atoms with van der Waals surface area (Å²) in [6.07, 6.45) is -3.27. The molecule has 3 N–H and O–H groups in total. The van der Waals surface area contributed by atoms with Crippen molar-refractivity contribution in [3.05, 3.63) is 41.7 Å². The first-order valence-corrected chi connectivity index (χ1v) is 7.82. The molecule has 0 unspecified atom stereocenters. The van der Waals surface area contributed by atoms with E-state index in [4.69, 9.17) is 10.5 Å². The van der Waals surface area contributed by atoms with Crippen LogP contribution in [0.2, 0.25) is 0 Å². The molecule has 26 heavy (non-hydrogen) atoms. The van der Waals surface area contributed by atoms with Gasteiger partial charge in [-0.15, -0.1) is 0 Å². The molecule has 2 heterocycles. The summed E-state index contributed by atoms with van der Waals surface area (Å²) >= 11 is 0. The number of halogens is 3. The Morgan fingerprint density at radius 2 is 1.96 bits per heavy atom. The highest BCUT2D eigenvalue weighted by molar-refractivity contribution is 5.90. The van der Waals surface area contributed by atoms with Crippen molar-refractivity contribution in [2.45, 2.75) is 6.18 Å². The normalized spacial score (nSPS) is 15.0. The Balaban J connectivity index is 1.98. The van der Waals surface area contributed by atoms with Crippen LogP contribution in [0, 0.1) is 0 Å². The number of nitrogens with one attached hydrogen (secondary N) is 1. The largest absolute Gasteiger partial charge is 0.422 e. The fourth-order valence-corrected chi connectivity index (χ4v) is 2.56. The molecule has 10 heteroatoms. The van der Waals surface area contributed by atoms with E-state index < -0.39 is 17.6 Å². The molecule has 1 saturated heterocycles. The van der Waals surface area contributed by atoms with Gasteiger partial charge in [0, 0.05) is 32.4 Å². The van der Waals surface area contributed by atoms with Gasteiger partial charge in [-0.3, -0.25) is 4.79 Å². The number of hydrogen-bond donors (Lipinski definition) is 2. The highest BCUT2D eigenvalue weighted by Gasteiger charge is 2.32. The van der Waals surface area contributed by atoms with E-state index in [0.717, 1.165) is 12.1 Å². The summed E-state index contributed by atoms with van der Waals surface area (Å²) in [6, 6.07) is 4.31. The van der Waals surface area contributed by atoms with E-state index in [1.807, 2.05) is 4.90 Å². The number of primary amides is 1. The van der Waals surface area contributed by atoms with Crippen molar-refractivity contribution in [3.8, 4) is 11.8 Å². The highest BCUT2D eigenvalue weighted by Crippen LogP contribution is 2.38. The quantitative estimate of drug-likeness (QED) is 0.856. The zero-order valence-electron chi connectivity index (χ0n) is 13.6. The summed E-state index contributed by atoms with van der Waals surface area (Å²) in [6.45, 7) is 2.63. The molecule has 1 aromatic heterocycles. The number of carbonyl (C=O) groups excluding carboxylic acids is 1. The third kappa shape index (κ3) is 4.02. The number of rotatable bonds is 4. The Morgan fingerprint density at radius 3 is 2.62 bits per heavy atom. The fraction of sp³-hybridized carbons (Fsp3) is 0.312. The average molecular weight is 367 g/mol. The number of amides is 1. The number of alkyl halides is 3. The third-order valence-corrected chi connectivity index (χ3v) is 3.83. The summed E-state index contributed by atoms with van der Waals surface area (Å²) in [5.41, 5.74) is 4.71. The number of aromatic nitrogens is 2. The minimum atomic E-state index is -4.52. The molecule has 2 aromatic rings. The number of nitrogens with two attached hydrogens (primary N) is 1. The van der Waals surface area contributed by atoms with Gasteiger partial charge < -0.3 is 20.7 Å². The van der Waals surface area contributed by atoms with Crippen LogP contribution >= 0.6 is 0 Å². The van der Waals surface area contributed by atoms with Gasteiger partial charge in [-0.1, -0.05) is 0 Å². The maximum Gasteiger partial charge on any atom is 0.416 e. The minimum absolute atomic E-state index is 0.0386. The summed E-state index contributed by atoms with van der Waals surface area (Å²) in [5, 5.41) is 3.17. The van der Waals surface area contributed by atoms with Gasteiger partial charge in [0.15, 0.2) is 5.75 Å². The van der Waals surface area contributed by atoms with E-state index in [1.54, 1.807) is 0 Å². The lowest BCUT2D eigenvalue weighted by Crippen LogP contribution is -2.43. The molecule has 1 aliphatic heterocycles. The van der Waals surface area contributed by atoms with Gasteiger partial charge >= 0.3 is 12.2 Å². The molecular formula is C16H16F3N5O2. The van der Waals surface area contributed by atoms with E-state index in [9.17, 15) is 18.0 Å². The summed E-state index contributed by atoms with van der Waals surface area (Å²) in [4.78, 5) is 20.8. The van der Waals surface area contributed by atoms with E-state index in [0.29, 0.717) is 31.9 Å². The van der Waals surface area contributed by atoms with Crippen LogP contribution in [0.4, 0.5) is 18.9 Å². The monoisotopic (exact) mass is 367 g/mol. The number of carbonyl (C=O) groups is 1. The zero-order chi connectivity index (χ0) is 18.7. The molecule has 1 aliphatic rings. The Morgan fingerprint density at radius 1 is 1.23 bits per heavy atom. The van der Waals surface area contributed by atoms with Crippen LogP contribution in [0.15, 0.2) is 30.5 Å². The smallest absolute Gasteiger partial charge is 0.416 e. The Hall–Kier alpha value is -2.88. The Kier molecular flexibility index (Phi) is 4.94. The van der Waals surface area contributed by atoms with Gasteiger partial charge in [-0.05, 0) is 24.3 Å². The molecule has 0 saturated carbocycles. The molecule has 1 fully saturated rings. The molecule has 138 valence electrons. The lowest BCUT2D eigenvalue weighted by atomic mass is 10.1. The third-order valence-electron chi connectivity index (χ3n) is 3.83. The van der Waals surface area contributed by atoms with Crippen LogP contribution in [-0.2, 0) is 6.18 Å². The van der Waals surface area contributed by atoms with Crippen molar-refractivity contribution >= 4 is 11.6 Å². The first-order valence-electron chi connectivity index (χ1n) is 7.82. The molecule has 7 nitrogen and oxygen atoms in total. The van der Waals surface area contributed by atoms with Crippen LogP contribution < -0.4 is 20.7 Å². The molecule has 1 amide bonds. The van der Waals surface area contributed by atoms with Crippen LogP contribution in [0.25, 0.3) is 0 Å². The van der Waals surface area contributed by atoms with Crippen molar-refractivity contribution in [2.75, 3.05) is 31.1 Å². The number of ether oxygens (including phenoxy) is 1. The van der Waals surface area contributed by atoms with Crippen LogP contribution in [-0.4, -0.2) is 42.1 Å². The van der Waals surface area contributed by atoms with Crippen molar-refractivity contribution in [2.24, 2.45) is 5.73 Å². The average Bonchev–Trinajstić information content (AvgIpc) is 2.62. The lowest BCUT2D eigenvalue weighted by Gasteiger charge is -2.30. The Labute approximate surface area is 147 Å². The maximum atomic E-state index is 13.1. The predicted octanol–water partition coefficient (Wildman–Crippen LogP) is 1.80. The van der Waals surface area contributed by atoms with Crippen molar-refractivity contribution in [1.82, 2.24) is 15.3 Å². The summed E-state index contributed by atoms with van der Waals surface area (Å²) < 4.78 is 44.7. The first kappa shape index (κ1) is 17.9. The van der Waals surface area contributed by atoms with Crippen LogP contribution in [0.1, 0.15) is 16.1 Å². The molecule has 0 radical (unpaired) electrons. The molecule has 3 rings (SSSR count). The molecule has 0 bridgehead atoms. The van der Waals surface area contributed by atoms with Gasteiger partial charge in [0.1, 0.15) is 5.69 Å². The topological polar surface area (TPSA) is 93.4 Å². The predicted molar refractivity (Wildman–Crippen MR) is 87.2 cm³/mol. The van der Waals surface area contributed by atoms with Gasteiger partial charge in [-0.25, -0.2) is 4.98 Å². The van der Waals surface area contributed by atoms with E-state index in [-0.39, 0.29) is 17.5 Å². The minimum Gasteiger partial charge on any atom is -0.422 e. The van der Waals surface area contributed by atoms with Gasteiger partial charge in [-0.2, -0.15) is 18.2 Å². The van der Waals surface area contributed by atoms with Crippen LogP contribution in [0.5, 0.6) is 11.8 Å². The lowest BCUT2D eigenvalue weighted by molar-refractivity contribution is -0.137. The number of anilines is 1. The van der Waals surface area contributed by atoms with Crippen molar-refractivity contribution in [3.63, 3.8) is 0 Å². The van der Waals surface area contributed by atoms with Gasteiger partial charge in [0.25, 0.3) is 5.91 Å². The van der Waals surface area contributed by atoms with E-state index >= 15 is 0 Å². The van der Waals surface area contributed by atoms with E-state index in [2.05, 4.69) is 15.3 Å². The van der Waals surface area contributed by atoms with Crippen LogP contribution in [0.3, 0.4) is 0 Å². The van der Waals surface area contributed by atoms with Crippen molar-refractivity contribution < 1.29 is 22.7 Å².